The molecule has 5 rings (SSSR count). The summed E-state index contributed by atoms with van der Waals surface area (Å²) < 4.78 is 26.8. The summed E-state index contributed by atoms with van der Waals surface area (Å²) >= 11 is 6.46. The van der Waals surface area contributed by atoms with E-state index in [0.717, 1.165) is 37.0 Å². The number of pyridine rings is 1. The van der Waals surface area contributed by atoms with E-state index in [1.807, 2.05) is 18.2 Å². The van der Waals surface area contributed by atoms with Crippen molar-refractivity contribution in [3.63, 3.8) is 0 Å². The summed E-state index contributed by atoms with van der Waals surface area (Å²) in [4.78, 5) is 49.8. The highest BCUT2D eigenvalue weighted by atomic mass is 35.5. The van der Waals surface area contributed by atoms with E-state index in [4.69, 9.17) is 26.1 Å². The highest BCUT2D eigenvalue weighted by Gasteiger charge is 2.26. The van der Waals surface area contributed by atoms with Crippen molar-refractivity contribution in [1.82, 2.24) is 19.4 Å². The Morgan fingerprint density at radius 3 is 2.41 bits per heavy atom. The predicted octanol–water partition coefficient (Wildman–Crippen LogP) is 4.97. The molecule has 1 aliphatic rings. The summed E-state index contributed by atoms with van der Waals surface area (Å²) in [5, 5.41) is -0.0995. The number of hydrogen-bond acceptors (Lipinski definition) is 8. The van der Waals surface area contributed by atoms with Crippen LogP contribution in [-0.4, -0.2) is 44.5 Å². The molecule has 0 saturated carbocycles. The maximum absolute atomic E-state index is 15.4. The lowest BCUT2D eigenvalue weighted by Gasteiger charge is -2.17. The molecule has 0 aliphatic carbocycles. The SMILES string of the molecule is CCN(CC)Cc1cccc(/C=C/c2nc3cc4c(F)c(c3c(=O)n2-c2ccccc2Cl)OC(=O)/C=C\C(=O)O4)n1. The molecule has 0 saturated heterocycles. The lowest BCUT2D eigenvalue weighted by molar-refractivity contribution is -0.131. The standard InChI is InChI=1S/C30H24ClFN4O5/c1-3-35(4-2)17-19-9-7-8-18(33-19)12-13-24-34-21-16-23-28(32)29(41-26(38)15-14-25(37)40-23)27(21)30(39)36(24)22-11-6-5-10-20(22)31/h5-16H,3-4,17H2,1-2H3/b13-12+,15-14-. The minimum atomic E-state index is -1.19. The van der Waals surface area contributed by atoms with Crippen LogP contribution in [0, 0.1) is 5.82 Å². The number of benzene rings is 2. The zero-order valence-corrected chi connectivity index (χ0v) is 22.9. The molecule has 2 aromatic heterocycles. The number of aromatic nitrogens is 3. The Balaban J connectivity index is 1.72. The molecule has 0 unspecified atom stereocenters. The van der Waals surface area contributed by atoms with Crippen molar-refractivity contribution in [3.8, 4) is 17.2 Å². The molecular formula is C30H24ClFN4O5. The third kappa shape index (κ3) is 5.79. The number of esters is 2. The third-order valence-corrected chi connectivity index (χ3v) is 6.74. The van der Waals surface area contributed by atoms with Crippen LogP contribution in [0.2, 0.25) is 5.02 Å². The molecular weight excluding hydrogens is 551 g/mol. The van der Waals surface area contributed by atoms with Gasteiger partial charge in [-0.3, -0.25) is 19.2 Å². The first-order valence-corrected chi connectivity index (χ1v) is 13.2. The van der Waals surface area contributed by atoms with Crippen molar-refractivity contribution < 1.29 is 23.5 Å². The van der Waals surface area contributed by atoms with Gasteiger partial charge in [-0.2, -0.15) is 4.39 Å². The maximum Gasteiger partial charge on any atom is 0.336 e. The van der Waals surface area contributed by atoms with E-state index in [1.165, 1.54) is 4.57 Å². The summed E-state index contributed by atoms with van der Waals surface area (Å²) in [6.07, 6.45) is 4.85. The second-order valence-corrected chi connectivity index (χ2v) is 9.41. The van der Waals surface area contributed by atoms with Gasteiger partial charge in [0.15, 0.2) is 11.5 Å². The minimum Gasteiger partial charge on any atom is -0.420 e. The van der Waals surface area contributed by atoms with Gasteiger partial charge in [-0.05, 0) is 49.5 Å². The largest absolute Gasteiger partial charge is 0.420 e. The Kier molecular flexibility index (Phi) is 8.04. The van der Waals surface area contributed by atoms with Crippen molar-refractivity contribution in [2.45, 2.75) is 20.4 Å². The van der Waals surface area contributed by atoms with Gasteiger partial charge in [0.25, 0.3) is 5.56 Å². The van der Waals surface area contributed by atoms with Crippen molar-refractivity contribution >= 4 is 46.6 Å². The van der Waals surface area contributed by atoms with Gasteiger partial charge in [-0.1, -0.05) is 43.6 Å². The van der Waals surface area contributed by atoms with Gasteiger partial charge in [-0.25, -0.2) is 14.6 Å². The molecule has 0 N–H and O–H groups in total. The van der Waals surface area contributed by atoms with Crippen LogP contribution in [0.4, 0.5) is 4.39 Å². The molecule has 2 bridgehead atoms. The van der Waals surface area contributed by atoms with Gasteiger partial charge < -0.3 is 9.47 Å². The molecule has 0 atom stereocenters. The van der Waals surface area contributed by atoms with E-state index in [-0.39, 0.29) is 27.4 Å². The molecule has 9 nitrogen and oxygen atoms in total. The Labute approximate surface area is 239 Å². The molecule has 0 spiro atoms. The number of carbonyl (C=O) groups is 2. The lowest BCUT2D eigenvalue weighted by Crippen LogP contribution is -2.24. The van der Waals surface area contributed by atoms with Crippen LogP contribution in [0.25, 0.3) is 28.7 Å². The van der Waals surface area contributed by atoms with E-state index in [1.54, 1.807) is 36.4 Å². The van der Waals surface area contributed by atoms with Crippen molar-refractivity contribution in [2.24, 2.45) is 0 Å². The second-order valence-electron chi connectivity index (χ2n) is 9.00. The Morgan fingerprint density at radius 1 is 0.951 bits per heavy atom. The lowest BCUT2D eigenvalue weighted by atomic mass is 10.1. The number of halogens is 2. The molecule has 11 heteroatoms. The van der Waals surface area contributed by atoms with Gasteiger partial charge in [0, 0.05) is 24.8 Å². The summed E-state index contributed by atoms with van der Waals surface area (Å²) in [5.74, 6) is -4.37. The first kappa shape index (κ1) is 27.9. The number of para-hydroxylation sites is 1. The highest BCUT2D eigenvalue weighted by molar-refractivity contribution is 6.32. The molecule has 2 aromatic carbocycles. The van der Waals surface area contributed by atoms with Gasteiger partial charge in [0.05, 0.1) is 27.6 Å². The van der Waals surface area contributed by atoms with Gasteiger partial charge in [0.2, 0.25) is 5.82 Å². The van der Waals surface area contributed by atoms with Crippen molar-refractivity contribution in [3.05, 3.63) is 99.1 Å². The highest BCUT2D eigenvalue weighted by Crippen LogP contribution is 2.35. The zero-order chi connectivity index (χ0) is 29.1. The molecule has 0 radical (unpaired) electrons. The molecule has 1 aliphatic heterocycles. The molecule has 0 amide bonds. The average molecular weight is 575 g/mol. The monoisotopic (exact) mass is 574 g/mol. The van der Waals surface area contributed by atoms with Gasteiger partial charge in [-0.15, -0.1) is 0 Å². The fourth-order valence-corrected chi connectivity index (χ4v) is 4.58. The fourth-order valence-electron chi connectivity index (χ4n) is 4.36. The Morgan fingerprint density at radius 2 is 1.68 bits per heavy atom. The van der Waals surface area contributed by atoms with Crippen LogP contribution in [0.1, 0.15) is 31.1 Å². The number of carbonyl (C=O) groups excluding carboxylic acids is 2. The summed E-state index contributed by atoms with van der Waals surface area (Å²) in [6, 6.07) is 13.3. The fraction of sp³-hybridized carbons (Fsp3) is 0.167. The van der Waals surface area contributed by atoms with E-state index in [0.29, 0.717) is 12.2 Å². The van der Waals surface area contributed by atoms with Crippen molar-refractivity contribution in [2.75, 3.05) is 13.1 Å². The van der Waals surface area contributed by atoms with Crippen LogP contribution in [0.3, 0.4) is 0 Å². The van der Waals surface area contributed by atoms with Gasteiger partial charge in [0.1, 0.15) is 11.2 Å². The van der Waals surface area contributed by atoms with Crippen LogP contribution in [0.5, 0.6) is 11.5 Å². The van der Waals surface area contributed by atoms with E-state index in [9.17, 15) is 14.4 Å². The molecule has 0 fully saturated rings. The molecule has 208 valence electrons. The first-order valence-electron chi connectivity index (χ1n) is 12.8. The van der Waals surface area contributed by atoms with Crippen LogP contribution in [0.15, 0.2) is 65.5 Å². The van der Waals surface area contributed by atoms with Crippen LogP contribution < -0.4 is 15.0 Å². The predicted molar refractivity (Wildman–Crippen MR) is 153 cm³/mol. The number of fused-ring (bicyclic) bond motifs is 4. The summed E-state index contributed by atoms with van der Waals surface area (Å²) in [6.45, 7) is 6.61. The Hall–Kier alpha value is -4.67. The zero-order valence-electron chi connectivity index (χ0n) is 22.1. The molecule has 4 aromatic rings. The first-order chi connectivity index (χ1) is 19.8. The number of nitrogens with zero attached hydrogens (tertiary/aromatic N) is 4. The quantitative estimate of drug-likeness (QED) is 0.225. The van der Waals surface area contributed by atoms with Crippen molar-refractivity contribution in [1.29, 1.82) is 0 Å². The smallest absolute Gasteiger partial charge is 0.336 e. The second kappa shape index (κ2) is 11.8. The number of hydrogen-bond donors (Lipinski definition) is 0. The summed E-state index contributed by atoms with van der Waals surface area (Å²) in [5.41, 5.74) is 0.950. The number of rotatable bonds is 7. The Bertz CT molecular complexity index is 1800. The number of ether oxygens (including phenoxy) is 2. The molecule has 41 heavy (non-hydrogen) atoms. The minimum absolute atomic E-state index is 0.0601. The van der Waals surface area contributed by atoms with Gasteiger partial charge >= 0.3 is 11.9 Å². The van der Waals surface area contributed by atoms with E-state index >= 15 is 4.39 Å². The van der Waals surface area contributed by atoms with E-state index < -0.39 is 34.8 Å². The van der Waals surface area contributed by atoms with E-state index in [2.05, 4.69) is 23.7 Å². The van der Waals surface area contributed by atoms with Crippen LogP contribution >= 0.6 is 11.6 Å². The normalized spacial score (nSPS) is 14.1. The summed E-state index contributed by atoms with van der Waals surface area (Å²) in [7, 11) is 0. The average Bonchev–Trinajstić information content (AvgIpc) is 2.99. The third-order valence-electron chi connectivity index (χ3n) is 6.42. The maximum atomic E-state index is 15.4. The topological polar surface area (TPSA) is 104 Å². The molecule has 3 heterocycles. The van der Waals surface area contributed by atoms with Crippen LogP contribution in [-0.2, 0) is 16.1 Å².